The highest BCUT2D eigenvalue weighted by molar-refractivity contribution is 7.17. The highest BCUT2D eigenvalue weighted by Crippen LogP contribution is 2.38. The number of nitrogens with one attached hydrogen (secondary N) is 1. The van der Waals surface area contributed by atoms with Crippen molar-refractivity contribution in [3.05, 3.63) is 52.7 Å². The van der Waals surface area contributed by atoms with Crippen LogP contribution in [0.15, 0.2) is 47.2 Å². The van der Waals surface area contributed by atoms with Crippen molar-refractivity contribution in [3.63, 3.8) is 0 Å². The van der Waals surface area contributed by atoms with Crippen molar-refractivity contribution in [3.8, 4) is 21.9 Å². The van der Waals surface area contributed by atoms with Gasteiger partial charge in [-0.2, -0.15) is 0 Å². The molecule has 1 N–H and O–H groups in total. The lowest BCUT2D eigenvalue weighted by Gasteiger charge is -2.24. The Morgan fingerprint density at radius 3 is 2.66 bits per heavy atom. The lowest BCUT2D eigenvalue weighted by Crippen LogP contribution is -2.39. The lowest BCUT2D eigenvalue weighted by atomic mass is 10.1. The zero-order chi connectivity index (χ0) is 22.5. The van der Waals surface area contributed by atoms with Crippen LogP contribution in [0, 0.1) is 0 Å². The Labute approximate surface area is 191 Å². The van der Waals surface area contributed by atoms with Gasteiger partial charge in [-0.1, -0.05) is 18.2 Å². The van der Waals surface area contributed by atoms with Crippen molar-refractivity contribution >= 4 is 45.5 Å². The number of anilines is 1. The summed E-state index contributed by atoms with van der Waals surface area (Å²) in [5, 5.41) is 6.65. The fraction of sp³-hybridized carbons (Fsp3) is 0.227. The van der Waals surface area contributed by atoms with Crippen LogP contribution in [0.1, 0.15) is 17.3 Å². The fourth-order valence-corrected chi connectivity index (χ4v) is 4.78. The SMILES string of the molecule is CCOC(=O)c1c(-c2cccs2)csc1NC(=O)COC(=O)C1COc2ccccc2O1. The van der Waals surface area contributed by atoms with Crippen LogP contribution in [0.2, 0.25) is 0 Å². The molecular weight excluding hydrogens is 454 g/mol. The lowest BCUT2D eigenvalue weighted by molar-refractivity contribution is -0.156. The van der Waals surface area contributed by atoms with Gasteiger partial charge < -0.3 is 24.3 Å². The second kappa shape index (κ2) is 9.84. The largest absolute Gasteiger partial charge is 0.485 e. The van der Waals surface area contributed by atoms with Gasteiger partial charge in [0.05, 0.1) is 6.61 Å². The number of carbonyl (C=O) groups is 3. The van der Waals surface area contributed by atoms with Crippen molar-refractivity contribution in [2.75, 3.05) is 25.1 Å². The summed E-state index contributed by atoms with van der Waals surface area (Å²) in [5.41, 5.74) is 0.960. The maximum absolute atomic E-state index is 12.5. The van der Waals surface area contributed by atoms with Crippen molar-refractivity contribution < 1.29 is 33.3 Å². The van der Waals surface area contributed by atoms with E-state index in [0.29, 0.717) is 22.1 Å². The number of para-hydroxylation sites is 2. The van der Waals surface area contributed by atoms with Crippen LogP contribution < -0.4 is 14.8 Å². The molecule has 1 aliphatic heterocycles. The standard InChI is InChI=1S/C22H19NO7S2/c1-2-27-22(26)19-13(17-8-5-9-31-17)12-32-20(19)23-18(24)11-29-21(25)16-10-28-14-6-3-4-7-15(14)30-16/h3-9,12,16H,2,10-11H2,1H3,(H,23,24). The first-order valence-corrected chi connectivity index (χ1v) is 11.5. The van der Waals surface area contributed by atoms with Gasteiger partial charge in [-0.15, -0.1) is 22.7 Å². The minimum Gasteiger partial charge on any atom is -0.485 e. The number of hydrogen-bond donors (Lipinski definition) is 1. The van der Waals surface area contributed by atoms with Crippen LogP contribution in [0.3, 0.4) is 0 Å². The van der Waals surface area contributed by atoms with Crippen molar-refractivity contribution in [1.82, 2.24) is 0 Å². The van der Waals surface area contributed by atoms with E-state index in [4.69, 9.17) is 18.9 Å². The minimum atomic E-state index is -0.972. The molecule has 4 rings (SSSR count). The third-order valence-electron chi connectivity index (χ3n) is 4.43. The van der Waals surface area contributed by atoms with Gasteiger partial charge in [-0.25, -0.2) is 9.59 Å². The van der Waals surface area contributed by atoms with Crippen LogP contribution in [0.25, 0.3) is 10.4 Å². The molecule has 3 heterocycles. The van der Waals surface area contributed by atoms with Crippen molar-refractivity contribution in [2.45, 2.75) is 13.0 Å². The first-order chi connectivity index (χ1) is 15.6. The van der Waals surface area contributed by atoms with Crippen molar-refractivity contribution in [1.29, 1.82) is 0 Å². The number of amides is 1. The summed E-state index contributed by atoms with van der Waals surface area (Å²) in [7, 11) is 0. The normalized spacial score (nSPS) is 14.5. The monoisotopic (exact) mass is 473 g/mol. The van der Waals surface area contributed by atoms with E-state index in [1.807, 2.05) is 17.5 Å². The summed E-state index contributed by atoms with van der Waals surface area (Å²) in [6.45, 7) is 1.37. The molecule has 0 spiro atoms. The number of carbonyl (C=O) groups excluding carboxylic acids is 3. The molecule has 0 saturated carbocycles. The summed E-state index contributed by atoms with van der Waals surface area (Å²) >= 11 is 2.67. The number of rotatable bonds is 7. The summed E-state index contributed by atoms with van der Waals surface area (Å²) in [4.78, 5) is 38.1. The molecule has 0 bridgehead atoms. The van der Waals surface area contributed by atoms with E-state index in [9.17, 15) is 14.4 Å². The van der Waals surface area contributed by atoms with E-state index in [0.717, 1.165) is 4.88 Å². The Morgan fingerprint density at radius 1 is 1.09 bits per heavy atom. The van der Waals surface area contributed by atoms with Crippen LogP contribution in [-0.4, -0.2) is 43.8 Å². The average Bonchev–Trinajstić information content (AvgIpc) is 3.47. The summed E-state index contributed by atoms with van der Waals surface area (Å²) in [6.07, 6.45) is -0.972. The molecule has 0 fully saturated rings. The Morgan fingerprint density at radius 2 is 1.91 bits per heavy atom. The molecule has 0 radical (unpaired) electrons. The smallest absolute Gasteiger partial charge is 0.351 e. The number of esters is 2. The Balaban J connectivity index is 1.39. The molecule has 8 nitrogen and oxygen atoms in total. The first kappa shape index (κ1) is 21.8. The highest BCUT2D eigenvalue weighted by atomic mass is 32.1. The Bertz CT molecular complexity index is 1120. The van der Waals surface area contributed by atoms with Gasteiger partial charge in [0.15, 0.2) is 18.1 Å². The number of thiophene rings is 2. The highest BCUT2D eigenvalue weighted by Gasteiger charge is 2.29. The predicted molar refractivity (Wildman–Crippen MR) is 120 cm³/mol. The molecule has 1 atom stereocenters. The van der Waals surface area contributed by atoms with Gasteiger partial charge in [-0.05, 0) is 30.5 Å². The van der Waals surface area contributed by atoms with Gasteiger partial charge in [0.1, 0.15) is 17.2 Å². The molecule has 1 aromatic carbocycles. The molecule has 0 aliphatic carbocycles. The zero-order valence-corrected chi connectivity index (χ0v) is 18.6. The predicted octanol–water partition coefficient (Wildman–Crippen LogP) is 3.98. The topological polar surface area (TPSA) is 100 Å². The number of ether oxygens (including phenoxy) is 4. The quantitative estimate of drug-likeness (QED) is 0.518. The number of fused-ring (bicyclic) bond motifs is 1. The van der Waals surface area contributed by atoms with E-state index in [-0.39, 0.29) is 18.8 Å². The first-order valence-electron chi connectivity index (χ1n) is 9.74. The summed E-state index contributed by atoms with van der Waals surface area (Å²) < 4.78 is 21.3. The molecule has 166 valence electrons. The molecule has 0 saturated heterocycles. The maximum atomic E-state index is 12.5. The summed E-state index contributed by atoms with van der Waals surface area (Å²) in [5.74, 6) is -0.855. The Kier molecular flexibility index (Phi) is 6.72. The Hall–Kier alpha value is -3.37. The van der Waals surface area contributed by atoms with Crippen molar-refractivity contribution in [2.24, 2.45) is 0 Å². The molecule has 10 heteroatoms. The minimum absolute atomic E-state index is 0.0143. The molecule has 1 amide bonds. The van der Waals surface area contributed by atoms with Crippen LogP contribution in [0.4, 0.5) is 5.00 Å². The van der Waals surface area contributed by atoms with Gasteiger partial charge in [0.2, 0.25) is 6.10 Å². The average molecular weight is 474 g/mol. The van der Waals surface area contributed by atoms with E-state index < -0.39 is 30.6 Å². The zero-order valence-electron chi connectivity index (χ0n) is 17.0. The van der Waals surface area contributed by atoms with E-state index in [2.05, 4.69) is 5.32 Å². The van der Waals surface area contributed by atoms with E-state index in [1.165, 1.54) is 22.7 Å². The summed E-state index contributed by atoms with van der Waals surface area (Å²) in [6, 6.07) is 10.7. The molecule has 32 heavy (non-hydrogen) atoms. The van der Waals surface area contributed by atoms with Gasteiger partial charge in [0.25, 0.3) is 5.91 Å². The molecular formula is C22H19NO7S2. The molecule has 2 aromatic heterocycles. The van der Waals surface area contributed by atoms with Gasteiger partial charge in [0, 0.05) is 15.8 Å². The van der Waals surface area contributed by atoms with Crippen LogP contribution in [0.5, 0.6) is 11.5 Å². The van der Waals surface area contributed by atoms with Crippen LogP contribution >= 0.6 is 22.7 Å². The molecule has 1 aliphatic rings. The number of benzene rings is 1. The maximum Gasteiger partial charge on any atom is 0.351 e. The van der Waals surface area contributed by atoms with E-state index in [1.54, 1.807) is 36.6 Å². The van der Waals surface area contributed by atoms with E-state index >= 15 is 0 Å². The molecule has 1 unspecified atom stereocenters. The second-order valence-corrected chi connectivity index (χ2v) is 8.40. The van der Waals surface area contributed by atoms with Gasteiger partial charge in [-0.3, -0.25) is 4.79 Å². The number of hydrogen-bond acceptors (Lipinski definition) is 9. The van der Waals surface area contributed by atoms with Gasteiger partial charge >= 0.3 is 11.9 Å². The third kappa shape index (κ3) is 4.76. The molecule has 3 aromatic rings. The third-order valence-corrected chi connectivity index (χ3v) is 6.23. The fourth-order valence-electron chi connectivity index (χ4n) is 3.00. The van der Waals surface area contributed by atoms with Crippen LogP contribution in [-0.2, 0) is 19.1 Å². The second-order valence-electron chi connectivity index (χ2n) is 6.57.